The molecule has 0 amide bonds. The van der Waals surface area contributed by atoms with Crippen LogP contribution in [0.25, 0.3) is 0 Å². The summed E-state index contributed by atoms with van der Waals surface area (Å²) in [5.41, 5.74) is 3.51. The van der Waals surface area contributed by atoms with E-state index in [4.69, 9.17) is 0 Å². The molecule has 0 spiro atoms. The fraction of sp³-hybridized carbons (Fsp3) is 0.786. The van der Waals surface area contributed by atoms with Crippen LogP contribution in [0.4, 0.5) is 0 Å². The molecule has 7 heteroatoms. The number of aryl methyl sites for hydroxylation is 1. The lowest BCUT2D eigenvalue weighted by Gasteiger charge is -2.90. The smallest absolute Gasteiger partial charge is 0.0555 e. The SMILES string of the molecule is CC(C)(C)C12P(I)P3C4(C(C)(C)C)P(CCc5ccccc5)P1C1(C(C)(C)C)P2C3(C(C)(C)C)P41. The summed E-state index contributed by atoms with van der Waals surface area (Å²) in [4.78, 5) is 0. The Morgan fingerprint density at radius 2 is 1.03 bits per heavy atom. The third-order valence-corrected chi connectivity index (χ3v) is 63.6. The molecule has 0 aliphatic carbocycles. The topological polar surface area (TPSA) is 0 Å². The minimum absolute atomic E-state index is 0.0813. The van der Waals surface area contributed by atoms with E-state index in [0.29, 0.717) is 21.7 Å². The lowest BCUT2D eigenvalue weighted by molar-refractivity contribution is 0.323. The van der Waals surface area contributed by atoms with Gasteiger partial charge in [0.1, 0.15) is 0 Å². The Labute approximate surface area is 236 Å². The molecule has 5 heterocycles. The summed E-state index contributed by atoms with van der Waals surface area (Å²) in [5, 5.41) is 0.0949. The molecule has 6 rings (SSSR count). The van der Waals surface area contributed by atoms with Crippen LogP contribution in [0, 0.1) is 21.7 Å². The molecule has 0 radical (unpaired) electrons. The zero-order valence-corrected chi connectivity index (χ0v) is 31.4. The van der Waals surface area contributed by atoms with Gasteiger partial charge in [-0.05, 0) is 77.1 Å². The molecule has 5 aliphatic heterocycles. The van der Waals surface area contributed by atoms with Gasteiger partial charge in [0.2, 0.25) is 0 Å². The highest BCUT2D eigenvalue weighted by atomic mass is 127. The van der Waals surface area contributed by atoms with E-state index in [1.165, 1.54) is 12.6 Å². The van der Waals surface area contributed by atoms with Crippen LogP contribution in [0.2, 0.25) is 0 Å². The Morgan fingerprint density at radius 1 is 0.600 bits per heavy atom. The quantitative estimate of drug-likeness (QED) is 0.218. The van der Waals surface area contributed by atoms with Crippen molar-refractivity contribution in [2.24, 2.45) is 21.7 Å². The number of hydrogen-bond acceptors (Lipinski definition) is 0. The molecule has 35 heavy (non-hydrogen) atoms. The molecule has 0 bridgehead atoms. The average molecular weight is 694 g/mol. The van der Waals surface area contributed by atoms with E-state index in [0.717, 1.165) is 18.6 Å². The maximum absolute atomic E-state index is 3.19. The lowest BCUT2D eigenvalue weighted by Crippen LogP contribution is -2.72. The van der Waals surface area contributed by atoms with E-state index in [1.54, 1.807) is 5.56 Å². The number of rotatable bonds is 3. The summed E-state index contributed by atoms with van der Waals surface area (Å²) in [7, 11) is 0.473. The first-order valence-corrected chi connectivity index (χ1v) is 25.8. The van der Waals surface area contributed by atoms with E-state index in [-0.39, 0.29) is 43.9 Å². The molecular weight excluding hydrogens is 649 g/mol. The molecule has 0 N–H and O–H groups in total. The third-order valence-electron chi connectivity index (χ3n) is 9.57. The van der Waals surface area contributed by atoms with Crippen LogP contribution in [0.3, 0.4) is 0 Å². The van der Waals surface area contributed by atoms with E-state index in [9.17, 15) is 0 Å². The van der Waals surface area contributed by atoms with Crippen LogP contribution in [0.5, 0.6) is 0 Å². The number of benzene rings is 1. The van der Waals surface area contributed by atoms with Gasteiger partial charge in [-0.15, -0.1) is 0 Å². The van der Waals surface area contributed by atoms with E-state index < -0.39 is 0 Å². The molecule has 10 atom stereocenters. The summed E-state index contributed by atoms with van der Waals surface area (Å²) in [6.45, 7) is 32.5. The summed E-state index contributed by atoms with van der Waals surface area (Å²) in [6, 6.07) is 11.6. The van der Waals surface area contributed by atoms with Crippen LogP contribution in [-0.4, -0.2) is 24.7 Å². The molecule has 0 aromatic heterocycles. The first-order chi connectivity index (χ1) is 15.8. The molecule has 194 valence electrons. The molecule has 1 aromatic carbocycles. The predicted molar refractivity (Wildman–Crippen MR) is 179 cm³/mol. The van der Waals surface area contributed by atoms with E-state index >= 15 is 0 Å². The van der Waals surface area contributed by atoms with Crippen molar-refractivity contribution in [1.82, 2.24) is 0 Å². The van der Waals surface area contributed by atoms with Crippen molar-refractivity contribution in [3.63, 3.8) is 0 Å². The number of hydrogen-bond donors (Lipinski definition) is 0. The Kier molecular flexibility index (Phi) is 5.92. The third kappa shape index (κ3) is 2.52. The maximum atomic E-state index is 3.19. The highest BCUT2D eigenvalue weighted by Gasteiger charge is 3.12. The first kappa shape index (κ1) is 27.7. The fourth-order valence-corrected chi connectivity index (χ4v) is 104. The molecule has 5 saturated heterocycles. The number of fused-ring (bicyclic) bond motifs is 2. The van der Waals surface area contributed by atoms with Gasteiger partial charge < -0.3 is 0 Å². The molecule has 1 aromatic rings. The second-order valence-electron chi connectivity index (χ2n) is 15.5. The van der Waals surface area contributed by atoms with Gasteiger partial charge in [0, 0.05) is 19.2 Å². The van der Waals surface area contributed by atoms with Gasteiger partial charge in [0.15, 0.2) is 0 Å². The van der Waals surface area contributed by atoms with E-state index in [2.05, 4.69) is 135 Å². The highest BCUT2D eigenvalue weighted by Crippen LogP contribution is 3.50. The normalized spacial score (nSPS) is 49.4. The largest absolute Gasteiger partial charge is 0.0622 e. The minimum atomic E-state index is 0.0813. The zero-order valence-electron chi connectivity index (χ0n) is 23.9. The second kappa shape index (κ2) is 7.48. The van der Waals surface area contributed by atoms with Gasteiger partial charge >= 0.3 is 0 Å². The molecule has 10 unspecified atom stereocenters. The Bertz CT molecular complexity index is 1080. The molecule has 5 aliphatic rings. The predicted octanol–water partition coefficient (Wildman–Crippen LogP) is 13.2. The summed E-state index contributed by atoms with van der Waals surface area (Å²) >= 11 is 3.19. The maximum Gasteiger partial charge on any atom is 0.0555 e. The van der Waals surface area contributed by atoms with Crippen LogP contribution in [0.15, 0.2) is 30.3 Å². The molecular formula is C28H45IP6. The lowest BCUT2D eigenvalue weighted by atomic mass is 9.97. The summed E-state index contributed by atoms with van der Waals surface area (Å²) in [5.74, 6) is 0. The van der Waals surface area contributed by atoms with Crippen molar-refractivity contribution in [3.8, 4) is 0 Å². The molecule has 0 saturated carbocycles. The Morgan fingerprint density at radius 3 is 1.49 bits per heavy atom. The van der Waals surface area contributed by atoms with Gasteiger partial charge in [-0.2, -0.15) is 0 Å². The Hall–Kier alpha value is 2.53. The standard InChI is InChI=1S/C28H45IP6/c1-21(2,3)25-30(19-18-20-16-14-13-15-17-20)33-26(22(4,5)6)31(25)27(23(7,8)9)32(26)28(33,24(10,11)12)35(29)34(25)27/h13-17H,18-19H2,1-12H3. The number of halogens is 1. The highest BCUT2D eigenvalue weighted by molar-refractivity contribution is 14.2. The second-order valence-corrected chi connectivity index (χ2v) is 42.3. The van der Waals surface area contributed by atoms with Crippen molar-refractivity contribution in [2.75, 3.05) is 6.16 Å². The molecule has 0 nitrogen and oxygen atoms in total. The monoisotopic (exact) mass is 694 g/mol. The van der Waals surface area contributed by atoms with Crippen LogP contribution >= 0.6 is 66.0 Å². The van der Waals surface area contributed by atoms with Crippen LogP contribution in [0.1, 0.15) is 88.6 Å². The van der Waals surface area contributed by atoms with Crippen molar-refractivity contribution < 1.29 is 0 Å². The van der Waals surface area contributed by atoms with Crippen molar-refractivity contribution >= 4 is 66.0 Å². The van der Waals surface area contributed by atoms with Crippen LogP contribution < -0.4 is 0 Å². The summed E-state index contributed by atoms with van der Waals surface area (Å²) < 4.78 is 3.03. The van der Waals surface area contributed by atoms with Crippen LogP contribution in [-0.2, 0) is 6.42 Å². The minimum Gasteiger partial charge on any atom is -0.0622 e. The van der Waals surface area contributed by atoms with Gasteiger partial charge in [-0.25, -0.2) is 0 Å². The van der Waals surface area contributed by atoms with Gasteiger partial charge in [-0.1, -0.05) is 137 Å². The van der Waals surface area contributed by atoms with Crippen molar-refractivity contribution in [1.29, 1.82) is 0 Å². The zero-order chi connectivity index (χ0) is 26.0. The van der Waals surface area contributed by atoms with Gasteiger partial charge in [0.05, 0.1) is 4.64 Å². The van der Waals surface area contributed by atoms with Crippen molar-refractivity contribution in [2.45, 2.75) is 108 Å². The molecule has 5 fully saturated rings. The van der Waals surface area contributed by atoms with E-state index in [1.807, 2.05) is 0 Å². The van der Waals surface area contributed by atoms with Gasteiger partial charge in [0.25, 0.3) is 0 Å². The Balaban J connectivity index is 1.62. The fourth-order valence-electron chi connectivity index (χ4n) is 8.70. The summed E-state index contributed by atoms with van der Waals surface area (Å²) in [6.07, 6.45) is 2.86. The first-order valence-electron chi connectivity index (χ1n) is 13.3. The van der Waals surface area contributed by atoms with Gasteiger partial charge in [-0.3, -0.25) is 0 Å². The van der Waals surface area contributed by atoms with Crippen molar-refractivity contribution in [3.05, 3.63) is 35.9 Å². The average Bonchev–Trinajstić information content (AvgIpc) is 2.86.